The highest BCUT2D eigenvalue weighted by molar-refractivity contribution is 5.61. The van der Waals surface area contributed by atoms with E-state index in [9.17, 15) is 0 Å². The van der Waals surface area contributed by atoms with E-state index in [4.69, 9.17) is 24.1 Å². The van der Waals surface area contributed by atoms with E-state index in [1.165, 1.54) is 0 Å². The van der Waals surface area contributed by atoms with E-state index < -0.39 is 6.29 Å². The van der Waals surface area contributed by atoms with Crippen molar-refractivity contribution in [2.24, 2.45) is 0 Å². The topological polar surface area (TPSA) is 57.2 Å². The van der Waals surface area contributed by atoms with E-state index >= 15 is 0 Å². The molecular weight excluding hydrogens is 248 g/mol. The molecule has 5 nitrogen and oxygen atoms in total. The highest BCUT2D eigenvalue weighted by Gasteiger charge is 2.37. The Morgan fingerprint density at radius 1 is 1.26 bits per heavy atom. The summed E-state index contributed by atoms with van der Waals surface area (Å²) in [6.07, 6.45) is 2.70. The molecule has 1 aliphatic rings. The molecule has 0 aromatic heterocycles. The predicted molar refractivity (Wildman–Crippen MR) is 70.3 cm³/mol. The number of rotatable bonds is 5. The van der Waals surface area contributed by atoms with Crippen molar-refractivity contribution in [3.05, 3.63) is 29.3 Å². The van der Waals surface area contributed by atoms with Gasteiger partial charge >= 0.3 is 0 Å². The predicted octanol–water partition coefficient (Wildman–Crippen LogP) is 1.75. The fourth-order valence-electron chi connectivity index (χ4n) is 2.15. The Morgan fingerprint density at radius 2 is 2.05 bits per heavy atom. The van der Waals surface area contributed by atoms with Crippen LogP contribution in [0.25, 0.3) is 6.08 Å². The fourth-order valence-corrected chi connectivity index (χ4v) is 2.15. The van der Waals surface area contributed by atoms with E-state index in [0.29, 0.717) is 11.5 Å². The molecule has 1 N–H and O–H groups in total. The molecule has 1 aliphatic heterocycles. The monoisotopic (exact) mass is 266 g/mol. The van der Waals surface area contributed by atoms with Gasteiger partial charge in [-0.25, -0.2) is 0 Å². The fraction of sp³-hybridized carbons (Fsp3) is 0.429. The van der Waals surface area contributed by atoms with Crippen molar-refractivity contribution in [2.75, 3.05) is 27.9 Å². The van der Waals surface area contributed by atoms with Gasteiger partial charge in [-0.15, -0.1) is 0 Å². The second-order valence-corrected chi connectivity index (χ2v) is 4.10. The first-order chi connectivity index (χ1) is 9.24. The second kappa shape index (κ2) is 6.06. The molecule has 0 fully saturated rings. The average Bonchev–Trinajstić information content (AvgIpc) is 2.81. The summed E-state index contributed by atoms with van der Waals surface area (Å²) < 4.78 is 21.7. The number of hydrogen-bond acceptors (Lipinski definition) is 5. The molecule has 5 heteroatoms. The van der Waals surface area contributed by atoms with Gasteiger partial charge in [-0.05, 0) is 17.7 Å². The van der Waals surface area contributed by atoms with Crippen molar-refractivity contribution in [1.82, 2.24) is 0 Å². The molecule has 0 unspecified atom stereocenters. The van der Waals surface area contributed by atoms with E-state index in [-0.39, 0.29) is 12.7 Å². The third-order valence-corrected chi connectivity index (χ3v) is 3.02. The summed E-state index contributed by atoms with van der Waals surface area (Å²) in [6.45, 7) is -0.00962. The van der Waals surface area contributed by atoms with Gasteiger partial charge in [0.05, 0.1) is 13.7 Å². The largest absolute Gasteiger partial charge is 0.493 e. The molecule has 0 saturated heterocycles. The van der Waals surface area contributed by atoms with Gasteiger partial charge in [-0.2, -0.15) is 0 Å². The van der Waals surface area contributed by atoms with Crippen LogP contribution >= 0.6 is 0 Å². The van der Waals surface area contributed by atoms with Crippen LogP contribution in [0.1, 0.15) is 17.2 Å². The summed E-state index contributed by atoms with van der Waals surface area (Å²) in [5.74, 6) is 1.26. The third-order valence-electron chi connectivity index (χ3n) is 3.02. The van der Waals surface area contributed by atoms with Crippen LogP contribution in [-0.4, -0.2) is 39.3 Å². The minimum Gasteiger partial charge on any atom is -0.493 e. The molecule has 19 heavy (non-hydrogen) atoms. The van der Waals surface area contributed by atoms with Gasteiger partial charge in [0.2, 0.25) is 6.29 Å². The Balaban J connectivity index is 2.45. The van der Waals surface area contributed by atoms with E-state index in [0.717, 1.165) is 11.1 Å². The summed E-state index contributed by atoms with van der Waals surface area (Å²) in [6, 6.07) is 3.78. The maximum absolute atomic E-state index is 8.84. The molecule has 0 spiro atoms. The quantitative estimate of drug-likeness (QED) is 0.880. The smallest absolute Gasteiger partial charge is 0.230 e. The van der Waals surface area contributed by atoms with E-state index in [1.807, 2.05) is 18.2 Å². The first-order valence-electron chi connectivity index (χ1n) is 5.96. The lowest BCUT2D eigenvalue weighted by Gasteiger charge is -2.15. The van der Waals surface area contributed by atoms with Crippen LogP contribution in [0.4, 0.5) is 0 Å². The Hall–Kier alpha value is -1.56. The first kappa shape index (κ1) is 13.9. The zero-order chi connectivity index (χ0) is 13.8. The highest BCUT2D eigenvalue weighted by Crippen LogP contribution is 2.45. The number of aliphatic hydroxyl groups excluding tert-OH is 1. The first-order valence-corrected chi connectivity index (χ1v) is 5.96. The number of fused-ring (bicyclic) bond motifs is 1. The van der Waals surface area contributed by atoms with Gasteiger partial charge in [0.15, 0.2) is 11.5 Å². The number of ether oxygens (including phenoxy) is 4. The molecule has 0 saturated carbocycles. The van der Waals surface area contributed by atoms with Crippen LogP contribution in [0.3, 0.4) is 0 Å². The highest BCUT2D eigenvalue weighted by atomic mass is 16.7. The average molecular weight is 266 g/mol. The van der Waals surface area contributed by atoms with Crippen LogP contribution in [0.15, 0.2) is 18.2 Å². The molecule has 1 aromatic rings. The van der Waals surface area contributed by atoms with Crippen LogP contribution in [-0.2, 0) is 9.47 Å². The Bertz CT molecular complexity index is 469. The molecule has 2 atom stereocenters. The maximum Gasteiger partial charge on any atom is 0.230 e. The summed E-state index contributed by atoms with van der Waals surface area (Å²) in [4.78, 5) is 0. The van der Waals surface area contributed by atoms with Crippen LogP contribution in [0.2, 0.25) is 0 Å². The van der Waals surface area contributed by atoms with E-state index in [1.54, 1.807) is 27.4 Å². The zero-order valence-electron chi connectivity index (χ0n) is 11.3. The van der Waals surface area contributed by atoms with Crippen molar-refractivity contribution >= 4 is 6.08 Å². The summed E-state index contributed by atoms with van der Waals surface area (Å²) in [5, 5.41) is 8.84. The molecule has 0 aliphatic carbocycles. The van der Waals surface area contributed by atoms with E-state index in [2.05, 4.69) is 0 Å². The van der Waals surface area contributed by atoms with Crippen molar-refractivity contribution in [3.8, 4) is 11.5 Å². The number of hydrogen-bond donors (Lipinski definition) is 1. The lowest BCUT2D eigenvalue weighted by atomic mass is 10.0. The Kier molecular flexibility index (Phi) is 4.42. The van der Waals surface area contributed by atoms with Crippen molar-refractivity contribution in [3.63, 3.8) is 0 Å². The van der Waals surface area contributed by atoms with Gasteiger partial charge in [-0.1, -0.05) is 12.2 Å². The molecule has 0 bridgehead atoms. The second-order valence-electron chi connectivity index (χ2n) is 4.10. The molecule has 0 amide bonds. The van der Waals surface area contributed by atoms with Gasteiger partial charge in [0, 0.05) is 19.8 Å². The third kappa shape index (κ3) is 2.58. The summed E-state index contributed by atoms with van der Waals surface area (Å²) in [7, 11) is 4.76. The van der Waals surface area contributed by atoms with Crippen molar-refractivity contribution < 1.29 is 24.1 Å². The molecule has 0 radical (unpaired) electrons. The maximum atomic E-state index is 8.84. The Morgan fingerprint density at radius 3 is 2.63 bits per heavy atom. The van der Waals surface area contributed by atoms with Crippen molar-refractivity contribution in [1.29, 1.82) is 0 Å². The van der Waals surface area contributed by atoms with Crippen molar-refractivity contribution in [2.45, 2.75) is 12.4 Å². The number of benzene rings is 1. The van der Waals surface area contributed by atoms with Crippen LogP contribution in [0, 0.1) is 0 Å². The standard InChI is InChI=1S/C14H18O5/c1-16-11-8-9(5-4-6-15)7-10-12(11)19-14(18-3)13(10)17-2/h4-5,7-8,13-15H,6H2,1-3H3/b5-4+/t13-,14+/m1/s1. The van der Waals surface area contributed by atoms with Crippen LogP contribution < -0.4 is 9.47 Å². The molecular formula is C14H18O5. The van der Waals surface area contributed by atoms with Crippen LogP contribution in [0.5, 0.6) is 11.5 Å². The van der Waals surface area contributed by atoms with Gasteiger partial charge < -0.3 is 24.1 Å². The minimum absolute atomic E-state index is 0.00962. The lowest BCUT2D eigenvalue weighted by molar-refractivity contribution is -0.121. The molecule has 1 heterocycles. The normalized spacial score (nSPS) is 21.5. The molecule has 1 aromatic carbocycles. The van der Waals surface area contributed by atoms with Gasteiger partial charge in [0.25, 0.3) is 0 Å². The summed E-state index contributed by atoms with van der Waals surface area (Å²) in [5.41, 5.74) is 1.79. The number of aliphatic hydroxyl groups is 1. The SMILES string of the molecule is COc1cc(/C=C/CO)cc2c1O[C@H](OC)[C@@H]2OC. The van der Waals surface area contributed by atoms with Gasteiger partial charge in [-0.3, -0.25) is 0 Å². The minimum atomic E-state index is -0.481. The summed E-state index contributed by atoms with van der Waals surface area (Å²) >= 11 is 0. The zero-order valence-corrected chi connectivity index (χ0v) is 11.3. The Labute approximate surface area is 112 Å². The lowest BCUT2D eigenvalue weighted by Crippen LogP contribution is -2.21. The number of methoxy groups -OCH3 is 3. The molecule has 2 rings (SSSR count). The van der Waals surface area contributed by atoms with Gasteiger partial charge in [0.1, 0.15) is 6.10 Å². The molecule has 104 valence electrons.